The standard InChI is InChI=1S/C23H21Cl3N4O2S/c1-13-2-8-17(27)11-22(13)33(31,32)30-23(18-9-7-16(25)10-19(18)26)21-12-20(28-29-21)14-3-5-15(24)6-4-14/h2-11,20,23,28,30H,12,27H2,1H3. The van der Waals surface area contributed by atoms with Gasteiger partial charge in [-0.05, 0) is 60.0 Å². The minimum absolute atomic E-state index is 0.0957. The Balaban J connectivity index is 1.70. The number of aryl methyl sites for hydroxylation is 1. The zero-order chi connectivity index (χ0) is 23.8. The van der Waals surface area contributed by atoms with Crippen molar-refractivity contribution in [1.82, 2.24) is 10.1 Å². The van der Waals surface area contributed by atoms with E-state index in [0.29, 0.717) is 44.0 Å². The van der Waals surface area contributed by atoms with Gasteiger partial charge in [-0.2, -0.15) is 9.82 Å². The van der Waals surface area contributed by atoms with Crippen molar-refractivity contribution in [2.24, 2.45) is 5.10 Å². The zero-order valence-electron chi connectivity index (χ0n) is 17.5. The predicted molar refractivity (Wildman–Crippen MR) is 134 cm³/mol. The molecule has 1 heterocycles. The third-order valence-corrected chi connectivity index (χ3v) is 7.81. The Morgan fingerprint density at radius 2 is 1.73 bits per heavy atom. The highest BCUT2D eigenvalue weighted by Crippen LogP contribution is 2.34. The maximum absolute atomic E-state index is 13.4. The lowest BCUT2D eigenvalue weighted by atomic mass is 9.96. The van der Waals surface area contributed by atoms with Crippen molar-refractivity contribution in [3.63, 3.8) is 0 Å². The van der Waals surface area contributed by atoms with Crippen LogP contribution in [-0.4, -0.2) is 14.1 Å². The highest BCUT2D eigenvalue weighted by molar-refractivity contribution is 7.89. The summed E-state index contributed by atoms with van der Waals surface area (Å²) in [6.07, 6.45) is 0.462. The third-order valence-electron chi connectivity index (χ3n) is 5.43. The summed E-state index contributed by atoms with van der Waals surface area (Å²) in [5, 5.41) is 5.88. The smallest absolute Gasteiger partial charge is 0.241 e. The number of anilines is 1. The molecule has 4 rings (SSSR count). The van der Waals surface area contributed by atoms with E-state index < -0.39 is 16.1 Å². The predicted octanol–water partition coefficient (Wildman–Crippen LogP) is 5.65. The average Bonchev–Trinajstić information content (AvgIpc) is 3.25. The molecule has 0 aliphatic carbocycles. The van der Waals surface area contributed by atoms with Crippen molar-refractivity contribution in [3.8, 4) is 0 Å². The summed E-state index contributed by atoms with van der Waals surface area (Å²) >= 11 is 18.6. The average molecular weight is 524 g/mol. The van der Waals surface area contributed by atoms with Gasteiger partial charge in [0, 0.05) is 27.2 Å². The fourth-order valence-corrected chi connectivity index (χ4v) is 5.83. The molecule has 1 aliphatic heterocycles. The number of hydrogen-bond acceptors (Lipinski definition) is 5. The molecule has 0 fully saturated rings. The molecule has 0 radical (unpaired) electrons. The van der Waals surface area contributed by atoms with Gasteiger partial charge in [0.25, 0.3) is 0 Å². The van der Waals surface area contributed by atoms with Crippen LogP contribution in [0, 0.1) is 6.92 Å². The van der Waals surface area contributed by atoms with E-state index in [1.807, 2.05) is 12.1 Å². The van der Waals surface area contributed by atoms with Crippen LogP contribution in [0.25, 0.3) is 0 Å². The molecule has 3 aromatic rings. The summed E-state index contributed by atoms with van der Waals surface area (Å²) < 4.78 is 29.5. The van der Waals surface area contributed by atoms with E-state index in [2.05, 4.69) is 15.2 Å². The van der Waals surface area contributed by atoms with Gasteiger partial charge in [0.2, 0.25) is 10.0 Å². The molecule has 0 bridgehead atoms. The van der Waals surface area contributed by atoms with Gasteiger partial charge in [-0.25, -0.2) is 8.42 Å². The number of nitrogen functional groups attached to an aromatic ring is 1. The molecule has 0 saturated carbocycles. The van der Waals surface area contributed by atoms with Gasteiger partial charge >= 0.3 is 0 Å². The minimum atomic E-state index is -3.96. The fourth-order valence-electron chi connectivity index (χ4n) is 3.70. The highest BCUT2D eigenvalue weighted by atomic mass is 35.5. The fraction of sp³-hybridized carbons (Fsp3) is 0.174. The number of rotatable bonds is 6. The number of nitrogens with two attached hydrogens (primary N) is 1. The summed E-state index contributed by atoms with van der Waals surface area (Å²) in [4.78, 5) is 0.0957. The highest BCUT2D eigenvalue weighted by Gasteiger charge is 2.32. The Morgan fingerprint density at radius 1 is 1.03 bits per heavy atom. The number of nitrogens with one attached hydrogen (secondary N) is 2. The van der Waals surface area contributed by atoms with Crippen LogP contribution < -0.4 is 15.9 Å². The van der Waals surface area contributed by atoms with Crippen LogP contribution in [0.4, 0.5) is 5.69 Å². The molecule has 0 saturated heterocycles. The summed E-state index contributed by atoms with van der Waals surface area (Å²) in [6, 6.07) is 16.2. The Morgan fingerprint density at radius 3 is 2.42 bits per heavy atom. The monoisotopic (exact) mass is 522 g/mol. The normalized spacial score (nSPS) is 16.8. The number of hydrogen-bond donors (Lipinski definition) is 3. The van der Waals surface area contributed by atoms with E-state index in [1.165, 1.54) is 6.07 Å². The second kappa shape index (κ2) is 9.52. The van der Waals surface area contributed by atoms with Gasteiger partial charge in [-0.15, -0.1) is 0 Å². The van der Waals surface area contributed by atoms with Gasteiger partial charge in [0.15, 0.2) is 0 Å². The first-order valence-corrected chi connectivity index (χ1v) is 12.7. The molecule has 4 N–H and O–H groups in total. The van der Waals surface area contributed by atoms with Gasteiger partial charge in [-0.3, -0.25) is 0 Å². The van der Waals surface area contributed by atoms with Crippen LogP contribution in [-0.2, 0) is 10.0 Å². The largest absolute Gasteiger partial charge is 0.399 e. The van der Waals surface area contributed by atoms with E-state index in [0.717, 1.165) is 5.56 Å². The van der Waals surface area contributed by atoms with Crippen molar-refractivity contribution in [2.75, 3.05) is 5.73 Å². The van der Waals surface area contributed by atoms with E-state index >= 15 is 0 Å². The molecule has 1 aliphatic rings. The molecule has 2 atom stereocenters. The van der Waals surface area contributed by atoms with E-state index in [9.17, 15) is 8.42 Å². The Hall–Kier alpha value is -2.29. The van der Waals surface area contributed by atoms with Gasteiger partial charge < -0.3 is 11.2 Å². The summed E-state index contributed by atoms with van der Waals surface area (Å²) in [5.74, 6) is 0. The number of nitrogens with zero attached hydrogens (tertiary/aromatic N) is 1. The second-order valence-corrected chi connectivity index (χ2v) is 10.7. The quantitative estimate of drug-likeness (QED) is 0.364. The first-order chi connectivity index (χ1) is 15.6. The van der Waals surface area contributed by atoms with E-state index in [4.69, 9.17) is 40.5 Å². The number of hydrazone groups is 1. The van der Waals surface area contributed by atoms with Gasteiger partial charge in [-0.1, -0.05) is 59.1 Å². The van der Waals surface area contributed by atoms with Crippen LogP contribution in [0.5, 0.6) is 0 Å². The molecule has 0 aromatic heterocycles. The molecule has 172 valence electrons. The van der Waals surface area contributed by atoms with E-state index in [1.54, 1.807) is 49.4 Å². The van der Waals surface area contributed by atoms with Crippen molar-refractivity contribution < 1.29 is 8.42 Å². The summed E-state index contributed by atoms with van der Waals surface area (Å²) in [6.45, 7) is 1.71. The number of sulfonamides is 1. The lowest BCUT2D eigenvalue weighted by Gasteiger charge is -2.21. The molecule has 33 heavy (non-hydrogen) atoms. The van der Waals surface area contributed by atoms with Crippen LogP contribution in [0.3, 0.4) is 0 Å². The van der Waals surface area contributed by atoms with Crippen LogP contribution in [0.1, 0.15) is 35.2 Å². The topological polar surface area (TPSA) is 96.6 Å². The molecule has 0 amide bonds. The van der Waals surface area contributed by atoms with Crippen molar-refractivity contribution in [3.05, 3.63) is 92.4 Å². The van der Waals surface area contributed by atoms with Gasteiger partial charge in [0.05, 0.1) is 22.7 Å². The summed E-state index contributed by atoms with van der Waals surface area (Å²) in [7, 11) is -3.96. The third kappa shape index (κ3) is 5.28. The lowest BCUT2D eigenvalue weighted by Crippen LogP contribution is -2.34. The molecule has 2 unspecified atom stereocenters. The molecule has 0 spiro atoms. The first kappa shape index (κ1) is 23.9. The summed E-state index contributed by atoms with van der Waals surface area (Å²) in [5.41, 5.74) is 12.0. The Kier molecular flexibility index (Phi) is 6.88. The Bertz CT molecular complexity index is 1330. The maximum Gasteiger partial charge on any atom is 0.241 e. The zero-order valence-corrected chi connectivity index (χ0v) is 20.6. The second-order valence-electron chi connectivity index (χ2n) is 7.79. The van der Waals surface area contributed by atoms with E-state index in [-0.39, 0.29) is 10.9 Å². The molecule has 10 heteroatoms. The van der Waals surface area contributed by atoms with Gasteiger partial charge in [0.1, 0.15) is 0 Å². The van der Waals surface area contributed by atoms with Crippen LogP contribution in [0.2, 0.25) is 15.1 Å². The Labute approximate surface area is 207 Å². The van der Waals surface area contributed by atoms with Crippen molar-refractivity contribution in [1.29, 1.82) is 0 Å². The molecular formula is C23H21Cl3N4O2S. The molecule has 3 aromatic carbocycles. The molecule has 6 nitrogen and oxygen atoms in total. The number of halogens is 3. The van der Waals surface area contributed by atoms with Crippen LogP contribution in [0.15, 0.2) is 70.7 Å². The lowest BCUT2D eigenvalue weighted by molar-refractivity contribution is 0.576. The van der Waals surface area contributed by atoms with Crippen LogP contribution >= 0.6 is 34.8 Å². The number of benzene rings is 3. The maximum atomic E-state index is 13.4. The minimum Gasteiger partial charge on any atom is -0.399 e. The first-order valence-electron chi connectivity index (χ1n) is 10.0. The van der Waals surface area contributed by atoms with Crippen molar-refractivity contribution >= 4 is 56.2 Å². The SMILES string of the molecule is Cc1ccc(N)cc1S(=O)(=O)NC(C1=NNC(c2ccc(Cl)cc2)C1)c1ccc(Cl)cc1Cl. The van der Waals surface area contributed by atoms with Crippen molar-refractivity contribution in [2.45, 2.75) is 30.3 Å². The molecular weight excluding hydrogens is 503 g/mol.